The number of carbonyl (C=O) groups excluding carboxylic acids is 1. The van der Waals surface area contributed by atoms with Crippen LogP contribution in [0.25, 0.3) is 0 Å². The highest BCUT2D eigenvalue weighted by Crippen LogP contribution is 2.18. The molecule has 0 saturated heterocycles. The minimum Gasteiger partial charge on any atom is -0.508 e. The Kier molecular flexibility index (Phi) is 3.70. The largest absolute Gasteiger partial charge is 0.508 e. The van der Waals surface area contributed by atoms with Crippen LogP contribution in [0.5, 0.6) is 5.75 Å². The molecule has 20 heavy (non-hydrogen) atoms. The molecule has 0 spiro atoms. The lowest BCUT2D eigenvalue weighted by atomic mass is 10.1. The van der Waals surface area contributed by atoms with E-state index < -0.39 is 5.97 Å². The highest BCUT2D eigenvalue weighted by Gasteiger charge is 2.09. The number of rotatable bonds is 3. The number of hydrogen-bond acceptors (Lipinski definition) is 3. The number of carboxylic acids is 1. The SMILES string of the molecule is Cc1ccc(C(=O)Nc2ccc(C(=O)O)cc2)cc1O. The lowest BCUT2D eigenvalue weighted by molar-refractivity contribution is 0.0696. The molecule has 0 atom stereocenters. The van der Waals surface area contributed by atoms with Gasteiger partial charge < -0.3 is 15.5 Å². The van der Waals surface area contributed by atoms with Gasteiger partial charge in [-0.1, -0.05) is 6.07 Å². The van der Waals surface area contributed by atoms with E-state index in [1.54, 1.807) is 19.1 Å². The van der Waals surface area contributed by atoms with Crippen LogP contribution in [-0.4, -0.2) is 22.1 Å². The number of aromatic carboxylic acids is 1. The van der Waals surface area contributed by atoms with Gasteiger partial charge >= 0.3 is 5.97 Å². The van der Waals surface area contributed by atoms with Crippen molar-refractivity contribution in [3.63, 3.8) is 0 Å². The summed E-state index contributed by atoms with van der Waals surface area (Å²) in [6.07, 6.45) is 0. The normalized spacial score (nSPS) is 10.1. The molecule has 0 bridgehead atoms. The average molecular weight is 271 g/mol. The summed E-state index contributed by atoms with van der Waals surface area (Å²) in [6.45, 7) is 1.74. The number of hydrogen-bond donors (Lipinski definition) is 3. The molecule has 102 valence electrons. The average Bonchev–Trinajstić information content (AvgIpc) is 2.42. The number of benzene rings is 2. The van der Waals surface area contributed by atoms with Crippen LogP contribution >= 0.6 is 0 Å². The standard InChI is InChI=1S/C15H13NO4/c1-9-2-3-11(8-13(9)17)14(18)16-12-6-4-10(5-7-12)15(19)20/h2-8,17H,1H3,(H,16,18)(H,19,20). The van der Waals surface area contributed by atoms with Gasteiger partial charge in [-0.3, -0.25) is 4.79 Å². The number of aryl methyl sites for hydroxylation is 1. The number of aromatic hydroxyl groups is 1. The van der Waals surface area contributed by atoms with Crippen molar-refractivity contribution in [3.8, 4) is 5.75 Å². The van der Waals surface area contributed by atoms with Gasteiger partial charge in [0.2, 0.25) is 0 Å². The summed E-state index contributed by atoms with van der Waals surface area (Å²) >= 11 is 0. The zero-order chi connectivity index (χ0) is 14.7. The highest BCUT2D eigenvalue weighted by atomic mass is 16.4. The van der Waals surface area contributed by atoms with Gasteiger partial charge in [-0.2, -0.15) is 0 Å². The van der Waals surface area contributed by atoms with Crippen LogP contribution in [0.15, 0.2) is 42.5 Å². The van der Waals surface area contributed by atoms with E-state index in [0.717, 1.165) is 0 Å². The second-order valence-corrected chi connectivity index (χ2v) is 4.34. The Morgan fingerprint density at radius 1 is 1.00 bits per heavy atom. The number of phenolic OH excluding ortho intramolecular Hbond substituents is 1. The first-order valence-electron chi connectivity index (χ1n) is 5.91. The Balaban J connectivity index is 2.14. The molecule has 5 heteroatoms. The summed E-state index contributed by atoms with van der Waals surface area (Å²) in [7, 11) is 0. The van der Waals surface area contributed by atoms with Crippen molar-refractivity contribution in [1.82, 2.24) is 0 Å². The summed E-state index contributed by atoms with van der Waals surface area (Å²) in [5.74, 6) is -1.34. The van der Waals surface area contributed by atoms with Crippen molar-refractivity contribution >= 4 is 17.6 Å². The number of carboxylic acid groups (broad SMARTS) is 1. The van der Waals surface area contributed by atoms with E-state index in [9.17, 15) is 14.7 Å². The number of carbonyl (C=O) groups is 2. The van der Waals surface area contributed by atoms with Crippen LogP contribution in [0, 0.1) is 6.92 Å². The quantitative estimate of drug-likeness (QED) is 0.801. The molecule has 0 aromatic heterocycles. The summed E-state index contributed by atoms with van der Waals surface area (Å²) in [5, 5.41) is 21.0. The molecule has 0 saturated carbocycles. The Morgan fingerprint density at radius 2 is 1.60 bits per heavy atom. The van der Waals surface area contributed by atoms with Crippen LogP contribution in [-0.2, 0) is 0 Å². The molecule has 2 rings (SSSR count). The van der Waals surface area contributed by atoms with E-state index in [0.29, 0.717) is 16.8 Å². The van der Waals surface area contributed by atoms with Crippen molar-refractivity contribution in [3.05, 3.63) is 59.2 Å². The summed E-state index contributed by atoms with van der Waals surface area (Å²) in [5.41, 5.74) is 1.65. The van der Waals surface area contributed by atoms with Crippen molar-refractivity contribution < 1.29 is 19.8 Å². The second kappa shape index (κ2) is 5.44. The molecule has 0 fully saturated rings. The zero-order valence-electron chi connectivity index (χ0n) is 10.8. The van der Waals surface area contributed by atoms with Gasteiger partial charge in [0.15, 0.2) is 0 Å². The summed E-state index contributed by atoms with van der Waals surface area (Å²) in [4.78, 5) is 22.7. The molecule has 0 heterocycles. The molecule has 0 unspecified atom stereocenters. The minimum absolute atomic E-state index is 0.0545. The Morgan fingerprint density at radius 3 is 2.15 bits per heavy atom. The van der Waals surface area contributed by atoms with Crippen LogP contribution in [0.1, 0.15) is 26.3 Å². The first-order chi connectivity index (χ1) is 9.47. The molecule has 0 radical (unpaired) electrons. The first kappa shape index (κ1) is 13.6. The topological polar surface area (TPSA) is 86.6 Å². The molecule has 2 aromatic carbocycles. The highest BCUT2D eigenvalue weighted by molar-refractivity contribution is 6.04. The van der Waals surface area contributed by atoms with Crippen molar-refractivity contribution in [1.29, 1.82) is 0 Å². The van der Waals surface area contributed by atoms with Gasteiger partial charge in [0, 0.05) is 11.3 Å². The summed E-state index contributed by atoms with van der Waals surface area (Å²) < 4.78 is 0. The maximum absolute atomic E-state index is 12.0. The lowest BCUT2D eigenvalue weighted by Gasteiger charge is -2.07. The van der Waals surface area contributed by atoms with Crippen LogP contribution in [0.4, 0.5) is 5.69 Å². The molecule has 0 aliphatic rings. The predicted octanol–water partition coefficient (Wildman–Crippen LogP) is 2.65. The molecule has 1 amide bonds. The summed E-state index contributed by atoms with van der Waals surface area (Å²) in [6, 6.07) is 10.5. The van der Waals surface area contributed by atoms with E-state index in [2.05, 4.69) is 5.32 Å². The Labute approximate surface area is 115 Å². The van der Waals surface area contributed by atoms with Gasteiger partial charge in [-0.25, -0.2) is 4.79 Å². The van der Waals surface area contributed by atoms with Gasteiger partial charge in [0.1, 0.15) is 5.75 Å². The lowest BCUT2D eigenvalue weighted by Crippen LogP contribution is -2.12. The number of phenols is 1. The van der Waals surface area contributed by atoms with Gasteiger partial charge in [-0.05, 0) is 48.9 Å². The number of anilines is 1. The fourth-order valence-corrected chi connectivity index (χ4v) is 1.65. The third-order valence-electron chi connectivity index (χ3n) is 2.86. The minimum atomic E-state index is -1.02. The van der Waals surface area contributed by atoms with E-state index in [1.165, 1.54) is 30.3 Å². The molecule has 5 nitrogen and oxygen atoms in total. The third-order valence-corrected chi connectivity index (χ3v) is 2.86. The van der Waals surface area contributed by atoms with Crippen LogP contribution in [0.3, 0.4) is 0 Å². The van der Waals surface area contributed by atoms with Crippen molar-refractivity contribution in [2.45, 2.75) is 6.92 Å². The zero-order valence-corrected chi connectivity index (χ0v) is 10.8. The van der Waals surface area contributed by atoms with Gasteiger partial charge in [-0.15, -0.1) is 0 Å². The molecule has 0 aliphatic carbocycles. The third kappa shape index (κ3) is 2.95. The van der Waals surface area contributed by atoms with Crippen molar-refractivity contribution in [2.75, 3.05) is 5.32 Å². The smallest absolute Gasteiger partial charge is 0.335 e. The molecule has 2 aromatic rings. The maximum atomic E-state index is 12.0. The van der Waals surface area contributed by atoms with Gasteiger partial charge in [0.25, 0.3) is 5.91 Å². The fourth-order valence-electron chi connectivity index (χ4n) is 1.65. The molecule has 3 N–H and O–H groups in total. The number of amides is 1. The predicted molar refractivity (Wildman–Crippen MR) is 74.2 cm³/mol. The Bertz CT molecular complexity index is 662. The first-order valence-corrected chi connectivity index (χ1v) is 5.91. The van der Waals surface area contributed by atoms with Crippen molar-refractivity contribution in [2.24, 2.45) is 0 Å². The van der Waals surface area contributed by atoms with E-state index in [1.807, 2.05) is 0 Å². The van der Waals surface area contributed by atoms with E-state index in [4.69, 9.17) is 5.11 Å². The van der Waals surface area contributed by atoms with Crippen LogP contribution in [0.2, 0.25) is 0 Å². The van der Waals surface area contributed by atoms with E-state index >= 15 is 0 Å². The fraction of sp³-hybridized carbons (Fsp3) is 0.0667. The maximum Gasteiger partial charge on any atom is 0.335 e. The molecular weight excluding hydrogens is 258 g/mol. The van der Waals surface area contributed by atoms with Gasteiger partial charge in [0.05, 0.1) is 5.56 Å². The molecular formula is C15H13NO4. The molecule has 0 aliphatic heterocycles. The second-order valence-electron chi connectivity index (χ2n) is 4.34. The van der Waals surface area contributed by atoms with E-state index in [-0.39, 0.29) is 17.2 Å². The number of nitrogens with one attached hydrogen (secondary N) is 1. The van der Waals surface area contributed by atoms with Crippen LogP contribution < -0.4 is 5.32 Å². The Hall–Kier alpha value is -2.82. The monoisotopic (exact) mass is 271 g/mol.